The molecule has 2 rings (SSSR count). The van der Waals surface area contributed by atoms with Gasteiger partial charge in [0.25, 0.3) is 0 Å². The van der Waals surface area contributed by atoms with Gasteiger partial charge in [0.1, 0.15) is 0 Å². The Bertz CT molecular complexity index is 628. The summed E-state index contributed by atoms with van der Waals surface area (Å²) in [6.45, 7) is 3.53. The molecule has 0 radical (unpaired) electrons. The number of pyridine rings is 1. The van der Waals surface area contributed by atoms with Crippen molar-refractivity contribution in [2.75, 3.05) is 23.7 Å². The van der Waals surface area contributed by atoms with Gasteiger partial charge in [-0.25, -0.2) is 0 Å². The SMILES string of the molecule is CCN(CCC#N)c1c(N)cnc2ccc(Br)cc12. The largest absolute Gasteiger partial charge is 0.396 e. The summed E-state index contributed by atoms with van der Waals surface area (Å²) in [4.78, 5) is 6.46. The molecule has 0 unspecified atom stereocenters. The van der Waals surface area contributed by atoms with Crippen molar-refractivity contribution in [3.05, 3.63) is 28.9 Å². The first-order valence-corrected chi connectivity index (χ1v) is 6.92. The van der Waals surface area contributed by atoms with Crippen LogP contribution in [0.3, 0.4) is 0 Å². The summed E-state index contributed by atoms with van der Waals surface area (Å²) in [5.41, 5.74) is 8.59. The number of fused-ring (bicyclic) bond motifs is 1. The molecule has 4 nitrogen and oxygen atoms in total. The van der Waals surface area contributed by atoms with E-state index in [4.69, 9.17) is 11.0 Å². The average molecular weight is 319 g/mol. The summed E-state index contributed by atoms with van der Waals surface area (Å²) >= 11 is 3.48. The van der Waals surface area contributed by atoms with Crippen molar-refractivity contribution in [2.45, 2.75) is 13.3 Å². The van der Waals surface area contributed by atoms with Crippen LogP contribution in [0.15, 0.2) is 28.9 Å². The van der Waals surface area contributed by atoms with Crippen LogP contribution in [0, 0.1) is 11.3 Å². The molecule has 0 spiro atoms. The molecular weight excluding hydrogens is 304 g/mol. The lowest BCUT2D eigenvalue weighted by Gasteiger charge is -2.25. The lowest BCUT2D eigenvalue weighted by molar-refractivity contribution is 0.831. The highest BCUT2D eigenvalue weighted by atomic mass is 79.9. The molecule has 1 aromatic heterocycles. The Balaban J connectivity index is 2.59. The zero-order valence-electron chi connectivity index (χ0n) is 10.7. The van der Waals surface area contributed by atoms with Gasteiger partial charge >= 0.3 is 0 Å². The third-order valence-corrected chi connectivity index (χ3v) is 3.51. The lowest BCUT2D eigenvalue weighted by Crippen LogP contribution is -2.25. The molecule has 2 N–H and O–H groups in total. The van der Waals surface area contributed by atoms with E-state index in [0.29, 0.717) is 18.7 Å². The van der Waals surface area contributed by atoms with E-state index in [2.05, 4.69) is 38.8 Å². The Kier molecular flexibility index (Phi) is 4.23. The molecule has 0 atom stereocenters. The van der Waals surface area contributed by atoms with Crippen molar-refractivity contribution in [3.8, 4) is 6.07 Å². The van der Waals surface area contributed by atoms with Crippen LogP contribution >= 0.6 is 15.9 Å². The summed E-state index contributed by atoms with van der Waals surface area (Å²) in [7, 11) is 0. The topological polar surface area (TPSA) is 65.9 Å². The molecule has 0 saturated carbocycles. The van der Waals surface area contributed by atoms with Crippen molar-refractivity contribution < 1.29 is 0 Å². The summed E-state index contributed by atoms with van der Waals surface area (Å²) in [5, 5.41) is 9.76. The maximum absolute atomic E-state index is 8.76. The number of aromatic nitrogens is 1. The van der Waals surface area contributed by atoms with Crippen LogP contribution in [0.5, 0.6) is 0 Å². The molecule has 0 bridgehead atoms. The van der Waals surface area contributed by atoms with Crippen molar-refractivity contribution in [1.29, 1.82) is 5.26 Å². The Morgan fingerprint density at radius 2 is 2.26 bits per heavy atom. The van der Waals surface area contributed by atoms with Crippen molar-refractivity contribution in [3.63, 3.8) is 0 Å². The number of rotatable bonds is 4. The highest BCUT2D eigenvalue weighted by molar-refractivity contribution is 9.10. The molecule has 1 heterocycles. The first-order chi connectivity index (χ1) is 9.17. The minimum atomic E-state index is 0.477. The van der Waals surface area contributed by atoms with Gasteiger partial charge < -0.3 is 10.6 Å². The molecule has 0 amide bonds. The van der Waals surface area contributed by atoms with E-state index < -0.39 is 0 Å². The molecule has 0 aliphatic rings. The summed E-state index contributed by atoms with van der Waals surface area (Å²) in [6.07, 6.45) is 2.16. The normalized spacial score (nSPS) is 10.4. The maximum Gasteiger partial charge on any atom is 0.0745 e. The van der Waals surface area contributed by atoms with Crippen LogP contribution in [0.25, 0.3) is 10.9 Å². The van der Waals surface area contributed by atoms with Gasteiger partial charge in [-0.2, -0.15) is 5.26 Å². The van der Waals surface area contributed by atoms with Crippen molar-refractivity contribution in [1.82, 2.24) is 4.98 Å². The molecule has 1 aromatic carbocycles. The van der Waals surface area contributed by atoms with E-state index in [1.807, 2.05) is 18.2 Å². The zero-order chi connectivity index (χ0) is 13.8. The third-order valence-electron chi connectivity index (χ3n) is 3.02. The fraction of sp³-hybridized carbons (Fsp3) is 0.286. The van der Waals surface area contributed by atoms with E-state index in [1.165, 1.54) is 0 Å². The molecule has 19 heavy (non-hydrogen) atoms. The van der Waals surface area contributed by atoms with E-state index in [9.17, 15) is 0 Å². The second-order valence-electron chi connectivity index (χ2n) is 4.21. The number of halogens is 1. The predicted octanol–water partition coefficient (Wildman–Crippen LogP) is 3.32. The quantitative estimate of drug-likeness (QED) is 0.939. The first-order valence-electron chi connectivity index (χ1n) is 6.13. The van der Waals surface area contributed by atoms with Gasteiger partial charge in [0.15, 0.2) is 0 Å². The Hall–Kier alpha value is -1.80. The minimum absolute atomic E-state index is 0.477. The highest BCUT2D eigenvalue weighted by Gasteiger charge is 2.13. The minimum Gasteiger partial charge on any atom is -0.396 e. The number of nitriles is 1. The Morgan fingerprint density at radius 1 is 1.47 bits per heavy atom. The van der Waals surface area contributed by atoms with Crippen LogP contribution < -0.4 is 10.6 Å². The highest BCUT2D eigenvalue weighted by Crippen LogP contribution is 2.33. The van der Waals surface area contributed by atoms with Crippen LogP contribution in [-0.2, 0) is 0 Å². The second-order valence-corrected chi connectivity index (χ2v) is 5.13. The molecule has 98 valence electrons. The van der Waals surface area contributed by atoms with Gasteiger partial charge in [0.05, 0.1) is 35.6 Å². The summed E-state index contributed by atoms with van der Waals surface area (Å²) in [5.74, 6) is 0. The fourth-order valence-corrected chi connectivity index (χ4v) is 2.49. The fourth-order valence-electron chi connectivity index (χ4n) is 2.13. The molecule has 2 aromatic rings. The van der Waals surface area contributed by atoms with E-state index in [0.717, 1.165) is 27.6 Å². The first kappa shape index (κ1) is 13.6. The van der Waals surface area contributed by atoms with Gasteiger partial charge in [-0.05, 0) is 25.1 Å². The number of anilines is 2. The molecule has 0 aliphatic heterocycles. The van der Waals surface area contributed by atoms with E-state index >= 15 is 0 Å². The number of nitrogen functional groups attached to an aromatic ring is 1. The average Bonchev–Trinajstić information content (AvgIpc) is 2.41. The third kappa shape index (κ3) is 2.79. The lowest BCUT2D eigenvalue weighted by atomic mass is 10.1. The second kappa shape index (κ2) is 5.89. The number of benzene rings is 1. The van der Waals surface area contributed by atoms with E-state index in [-0.39, 0.29) is 0 Å². The van der Waals surface area contributed by atoms with Crippen LogP contribution in [0.4, 0.5) is 11.4 Å². The zero-order valence-corrected chi connectivity index (χ0v) is 12.3. The number of hydrogen-bond donors (Lipinski definition) is 1. The van der Waals surface area contributed by atoms with Gasteiger partial charge in [-0.1, -0.05) is 15.9 Å². The molecule has 0 fully saturated rings. The van der Waals surface area contributed by atoms with Crippen LogP contribution in [-0.4, -0.2) is 18.1 Å². The predicted molar refractivity (Wildman–Crippen MR) is 82.0 cm³/mol. The number of nitrogens with zero attached hydrogens (tertiary/aromatic N) is 3. The standard InChI is InChI=1S/C14H15BrN4/c1-2-19(7-3-6-16)14-11-8-10(15)4-5-13(11)18-9-12(14)17/h4-5,8-9H,2-3,7,17H2,1H3. The number of hydrogen-bond acceptors (Lipinski definition) is 4. The summed E-state index contributed by atoms with van der Waals surface area (Å²) < 4.78 is 0.991. The molecular formula is C14H15BrN4. The monoisotopic (exact) mass is 318 g/mol. The van der Waals surface area contributed by atoms with Gasteiger partial charge in [-0.15, -0.1) is 0 Å². The van der Waals surface area contributed by atoms with Gasteiger partial charge in [0, 0.05) is 22.9 Å². The van der Waals surface area contributed by atoms with Gasteiger partial charge in [0.2, 0.25) is 0 Å². The van der Waals surface area contributed by atoms with E-state index in [1.54, 1.807) is 6.20 Å². The maximum atomic E-state index is 8.76. The van der Waals surface area contributed by atoms with Gasteiger partial charge in [-0.3, -0.25) is 4.98 Å². The van der Waals surface area contributed by atoms with Crippen molar-refractivity contribution in [2.24, 2.45) is 0 Å². The van der Waals surface area contributed by atoms with Crippen LogP contribution in [0.1, 0.15) is 13.3 Å². The van der Waals surface area contributed by atoms with Crippen LogP contribution in [0.2, 0.25) is 0 Å². The van der Waals surface area contributed by atoms with Crippen molar-refractivity contribution >= 4 is 38.2 Å². The number of nitrogens with two attached hydrogens (primary N) is 1. The smallest absolute Gasteiger partial charge is 0.0745 e. The molecule has 0 aliphatic carbocycles. The Morgan fingerprint density at radius 3 is 2.95 bits per heavy atom. The Labute approximate surface area is 121 Å². The molecule has 0 saturated heterocycles. The summed E-state index contributed by atoms with van der Waals surface area (Å²) in [6, 6.07) is 8.11. The molecule has 5 heteroatoms.